The Bertz CT molecular complexity index is 1320. The fraction of sp³-hybridized carbons (Fsp3) is 0.500. The summed E-state index contributed by atoms with van der Waals surface area (Å²) in [6.07, 6.45) is 8.77. The minimum absolute atomic E-state index is 0.0816. The van der Waals surface area contributed by atoms with E-state index in [9.17, 15) is 18.3 Å². The minimum atomic E-state index is -3.33. The third kappa shape index (κ3) is 4.93. The van der Waals surface area contributed by atoms with E-state index < -0.39 is 21.5 Å². The molecular weight excluding hydrogens is 458 g/mol. The van der Waals surface area contributed by atoms with Gasteiger partial charge in [-0.1, -0.05) is 13.3 Å². The number of hydrogen-bond acceptors (Lipinski definition) is 7. The molecule has 0 unspecified atom stereocenters. The van der Waals surface area contributed by atoms with E-state index in [-0.39, 0.29) is 17.5 Å². The van der Waals surface area contributed by atoms with Gasteiger partial charge in [-0.3, -0.25) is 9.48 Å². The van der Waals surface area contributed by atoms with Crippen LogP contribution in [0.4, 0.5) is 5.69 Å². The lowest BCUT2D eigenvalue weighted by Gasteiger charge is -2.21. The van der Waals surface area contributed by atoms with Crippen LogP contribution in [-0.4, -0.2) is 74.1 Å². The Labute approximate surface area is 198 Å². The fourth-order valence-corrected chi connectivity index (χ4v) is 5.31. The van der Waals surface area contributed by atoms with Gasteiger partial charge in [-0.15, -0.1) is 0 Å². The molecule has 1 fully saturated rings. The van der Waals surface area contributed by atoms with Crippen molar-refractivity contribution in [3.05, 3.63) is 36.4 Å². The van der Waals surface area contributed by atoms with E-state index in [2.05, 4.69) is 15.5 Å². The van der Waals surface area contributed by atoms with Gasteiger partial charge in [0.25, 0.3) is 5.91 Å². The summed E-state index contributed by atoms with van der Waals surface area (Å²) >= 11 is 0. The molecule has 0 radical (unpaired) electrons. The number of carbonyl (C=O) groups is 1. The Hall–Kier alpha value is -2.96. The molecule has 0 saturated carbocycles. The Morgan fingerprint density at radius 3 is 2.59 bits per heavy atom. The van der Waals surface area contributed by atoms with Crippen LogP contribution < -0.4 is 11.1 Å². The molecule has 1 amide bonds. The number of sulfonamides is 1. The fourth-order valence-electron chi connectivity index (χ4n) is 4.41. The molecule has 184 valence electrons. The van der Waals surface area contributed by atoms with Crippen molar-refractivity contribution in [3.8, 4) is 11.1 Å². The number of nitrogens with zero attached hydrogens (tertiary/aromatic N) is 5. The molecule has 4 rings (SSSR count). The highest BCUT2D eigenvalue weighted by Gasteiger charge is 2.36. The first-order valence-electron chi connectivity index (χ1n) is 11.1. The van der Waals surface area contributed by atoms with E-state index in [0.717, 1.165) is 17.5 Å². The van der Waals surface area contributed by atoms with Crippen molar-refractivity contribution in [1.29, 1.82) is 0 Å². The molecule has 4 heterocycles. The molecule has 0 spiro atoms. The third-order valence-corrected chi connectivity index (χ3v) is 7.38. The molecule has 4 N–H and O–H groups in total. The summed E-state index contributed by atoms with van der Waals surface area (Å²) in [5, 5.41) is 22.2. The summed E-state index contributed by atoms with van der Waals surface area (Å²) in [5.74, 6) is -0.539. The second-order valence-electron chi connectivity index (χ2n) is 9.59. The van der Waals surface area contributed by atoms with Gasteiger partial charge in [-0.2, -0.15) is 14.5 Å². The predicted octanol–water partition coefficient (Wildman–Crippen LogP) is 1.15. The summed E-state index contributed by atoms with van der Waals surface area (Å²) < 4.78 is 29.0. The molecule has 3 aromatic heterocycles. The second kappa shape index (κ2) is 8.67. The van der Waals surface area contributed by atoms with Gasteiger partial charge in [0.05, 0.1) is 47.6 Å². The first kappa shape index (κ1) is 24.2. The van der Waals surface area contributed by atoms with Crippen LogP contribution >= 0.6 is 0 Å². The number of aromatic nitrogens is 4. The van der Waals surface area contributed by atoms with E-state index in [1.807, 2.05) is 25.4 Å². The monoisotopic (exact) mass is 489 g/mol. The predicted molar refractivity (Wildman–Crippen MR) is 129 cm³/mol. The van der Waals surface area contributed by atoms with Crippen molar-refractivity contribution >= 4 is 27.1 Å². The maximum atomic E-state index is 12.2. The van der Waals surface area contributed by atoms with Crippen molar-refractivity contribution in [1.82, 2.24) is 23.7 Å². The van der Waals surface area contributed by atoms with E-state index in [1.165, 1.54) is 16.8 Å². The first-order chi connectivity index (χ1) is 15.9. The largest absolute Gasteiger partial charge is 0.389 e. The summed E-state index contributed by atoms with van der Waals surface area (Å²) in [6.45, 7) is 6.52. The first-order valence-corrected chi connectivity index (χ1v) is 13.0. The van der Waals surface area contributed by atoms with Crippen LogP contribution in [0.2, 0.25) is 0 Å². The van der Waals surface area contributed by atoms with Crippen LogP contribution in [-0.2, 0) is 16.6 Å². The average Bonchev–Trinajstić information content (AvgIpc) is 3.43. The zero-order valence-electron chi connectivity index (χ0n) is 19.8. The van der Waals surface area contributed by atoms with Crippen molar-refractivity contribution in [2.24, 2.45) is 11.7 Å². The number of primary amides is 1. The Morgan fingerprint density at radius 2 is 1.97 bits per heavy atom. The number of aliphatic hydroxyl groups is 1. The maximum Gasteiger partial charge on any atom is 0.252 e. The zero-order valence-corrected chi connectivity index (χ0v) is 20.6. The topological polar surface area (TPSA) is 148 Å². The molecule has 34 heavy (non-hydrogen) atoms. The molecular formula is C22H31N7O4S. The average molecular weight is 490 g/mol. The highest BCUT2D eigenvalue weighted by Crippen LogP contribution is 2.32. The molecule has 1 aliphatic rings. The molecule has 0 aliphatic carbocycles. The number of fused-ring (bicyclic) bond motifs is 1. The van der Waals surface area contributed by atoms with Crippen LogP contribution in [0, 0.1) is 5.92 Å². The highest BCUT2D eigenvalue weighted by atomic mass is 32.2. The van der Waals surface area contributed by atoms with E-state index in [0.29, 0.717) is 30.8 Å². The van der Waals surface area contributed by atoms with Gasteiger partial charge in [0.2, 0.25) is 10.0 Å². The summed E-state index contributed by atoms with van der Waals surface area (Å²) in [4.78, 5) is 12.2. The van der Waals surface area contributed by atoms with Gasteiger partial charge < -0.3 is 16.2 Å². The number of rotatable bonds is 8. The molecule has 2 atom stereocenters. The molecule has 1 saturated heterocycles. The number of amides is 1. The lowest BCUT2D eigenvalue weighted by Crippen LogP contribution is -2.32. The lowest BCUT2D eigenvalue weighted by atomic mass is 10.00. The number of nitrogens with two attached hydrogens (primary N) is 1. The molecule has 3 aromatic rings. The van der Waals surface area contributed by atoms with Crippen molar-refractivity contribution in [2.45, 2.75) is 45.4 Å². The van der Waals surface area contributed by atoms with Crippen LogP contribution in [0.3, 0.4) is 0 Å². The Morgan fingerprint density at radius 1 is 1.24 bits per heavy atom. The SMILES string of the molecule is CC[C@@H]1CN(S(C)(=O)=O)C[C@H]1Nc1c(C(N)=O)cnn2cc(-c3cnn(CC(C)(C)O)c3)cc12. The Kier molecular flexibility index (Phi) is 6.17. The van der Waals surface area contributed by atoms with Crippen LogP contribution in [0.1, 0.15) is 37.6 Å². The quantitative estimate of drug-likeness (QED) is 0.430. The Balaban J connectivity index is 1.72. The van der Waals surface area contributed by atoms with E-state index in [1.54, 1.807) is 29.2 Å². The van der Waals surface area contributed by atoms with Gasteiger partial charge in [0.15, 0.2) is 0 Å². The van der Waals surface area contributed by atoms with Crippen molar-refractivity contribution < 1.29 is 18.3 Å². The third-order valence-electron chi connectivity index (χ3n) is 6.15. The molecule has 11 nitrogen and oxygen atoms in total. The minimum Gasteiger partial charge on any atom is -0.389 e. The normalized spacial score (nSPS) is 19.7. The van der Waals surface area contributed by atoms with E-state index in [4.69, 9.17) is 5.73 Å². The molecule has 0 aromatic carbocycles. The summed E-state index contributed by atoms with van der Waals surface area (Å²) in [6, 6.07) is 1.70. The number of nitrogens with one attached hydrogen (secondary N) is 1. The highest BCUT2D eigenvalue weighted by molar-refractivity contribution is 7.88. The van der Waals surface area contributed by atoms with Gasteiger partial charge in [0.1, 0.15) is 0 Å². The smallest absolute Gasteiger partial charge is 0.252 e. The number of anilines is 1. The van der Waals surface area contributed by atoms with Gasteiger partial charge in [0, 0.05) is 42.7 Å². The molecule has 0 bridgehead atoms. The standard InChI is InChI=1S/C22H31N7O4S/c1-5-14-10-28(34(4,32)33)12-18(14)26-20-17(21(23)30)8-25-29-11-15(6-19(20)29)16-7-24-27(9-16)13-22(2,3)31/h6-9,11,14,18,26,31H,5,10,12-13H2,1-4H3,(H2,23,30)/t14-,18-/m1/s1. The van der Waals surface area contributed by atoms with Crippen molar-refractivity contribution in [3.63, 3.8) is 0 Å². The number of carbonyl (C=O) groups excluding carboxylic acids is 1. The van der Waals surface area contributed by atoms with Crippen LogP contribution in [0.5, 0.6) is 0 Å². The van der Waals surface area contributed by atoms with Crippen molar-refractivity contribution in [2.75, 3.05) is 24.7 Å². The van der Waals surface area contributed by atoms with E-state index >= 15 is 0 Å². The summed E-state index contributed by atoms with van der Waals surface area (Å²) in [7, 11) is -3.33. The van der Waals surface area contributed by atoms with Gasteiger partial charge >= 0.3 is 0 Å². The summed E-state index contributed by atoms with van der Waals surface area (Å²) in [5.41, 5.74) is 7.82. The number of hydrogen-bond donors (Lipinski definition) is 3. The van der Waals surface area contributed by atoms with Gasteiger partial charge in [-0.05, 0) is 25.8 Å². The van der Waals surface area contributed by atoms with Crippen LogP contribution in [0.15, 0.2) is 30.9 Å². The van der Waals surface area contributed by atoms with Gasteiger partial charge in [-0.25, -0.2) is 12.9 Å². The second-order valence-corrected chi connectivity index (χ2v) is 11.6. The van der Waals surface area contributed by atoms with Crippen LogP contribution in [0.25, 0.3) is 16.6 Å². The lowest BCUT2D eigenvalue weighted by molar-refractivity contribution is 0.0577. The molecule has 1 aliphatic heterocycles. The zero-order chi connectivity index (χ0) is 24.8. The molecule has 12 heteroatoms. The maximum absolute atomic E-state index is 12.2.